The molecule has 4 nitrogen and oxygen atoms in total. The number of benzene rings is 1. The van der Waals surface area contributed by atoms with Crippen LogP contribution in [-0.4, -0.2) is 43.7 Å². The summed E-state index contributed by atoms with van der Waals surface area (Å²) < 4.78 is 0. The highest BCUT2D eigenvalue weighted by Crippen LogP contribution is 2.23. The van der Waals surface area contributed by atoms with E-state index >= 15 is 0 Å². The molecule has 1 aliphatic heterocycles. The average molecular weight is 258 g/mol. The van der Waals surface area contributed by atoms with Crippen LogP contribution in [0.2, 0.25) is 0 Å². The first-order valence-electron chi connectivity index (χ1n) is 6.80. The van der Waals surface area contributed by atoms with Crippen LogP contribution in [0.15, 0.2) is 18.2 Å². The van der Waals surface area contributed by atoms with Gasteiger partial charge in [-0.3, -0.25) is 4.90 Å². The van der Waals surface area contributed by atoms with Crippen molar-refractivity contribution in [3.63, 3.8) is 0 Å². The number of nitriles is 1. The minimum atomic E-state index is -0.368. The van der Waals surface area contributed by atoms with Gasteiger partial charge in [-0.25, -0.2) is 0 Å². The van der Waals surface area contributed by atoms with Gasteiger partial charge in [0.25, 0.3) is 0 Å². The van der Waals surface area contributed by atoms with Crippen molar-refractivity contribution in [3.05, 3.63) is 29.3 Å². The number of anilines is 1. The van der Waals surface area contributed by atoms with Crippen LogP contribution in [-0.2, 0) is 0 Å². The summed E-state index contributed by atoms with van der Waals surface area (Å²) in [6.45, 7) is 8.97. The molecule has 0 aliphatic carbocycles. The molecule has 2 rings (SSSR count). The molecule has 1 fully saturated rings. The summed E-state index contributed by atoms with van der Waals surface area (Å²) in [5.74, 6) is 0. The van der Waals surface area contributed by atoms with Gasteiger partial charge < -0.3 is 10.6 Å². The predicted molar refractivity (Wildman–Crippen MR) is 78.2 cm³/mol. The van der Waals surface area contributed by atoms with E-state index in [-0.39, 0.29) is 6.04 Å². The minimum absolute atomic E-state index is 0.368. The Hall–Kier alpha value is -1.57. The first-order valence-corrected chi connectivity index (χ1v) is 6.80. The van der Waals surface area contributed by atoms with Crippen molar-refractivity contribution in [2.45, 2.75) is 19.9 Å². The van der Waals surface area contributed by atoms with E-state index < -0.39 is 0 Å². The van der Waals surface area contributed by atoms with Crippen molar-refractivity contribution < 1.29 is 0 Å². The predicted octanol–water partition coefficient (Wildman–Crippen LogP) is 1.28. The van der Waals surface area contributed by atoms with Crippen LogP contribution in [0.1, 0.15) is 11.1 Å². The Bertz CT molecular complexity index is 470. The smallest absolute Gasteiger partial charge is 0.106 e. The van der Waals surface area contributed by atoms with E-state index in [0.717, 1.165) is 26.2 Å². The van der Waals surface area contributed by atoms with Crippen LogP contribution in [0.4, 0.5) is 5.69 Å². The summed E-state index contributed by atoms with van der Waals surface area (Å²) in [5.41, 5.74) is 9.72. The zero-order chi connectivity index (χ0) is 13.8. The van der Waals surface area contributed by atoms with E-state index in [1.165, 1.54) is 16.8 Å². The molecule has 1 heterocycles. The summed E-state index contributed by atoms with van der Waals surface area (Å²) >= 11 is 0. The molecule has 0 saturated carbocycles. The third kappa shape index (κ3) is 3.25. The van der Waals surface area contributed by atoms with Crippen molar-refractivity contribution >= 4 is 5.69 Å². The normalized spacial score (nSPS) is 18.1. The van der Waals surface area contributed by atoms with Gasteiger partial charge in [0.1, 0.15) is 6.04 Å². The Morgan fingerprint density at radius 3 is 2.58 bits per heavy atom. The number of nitrogens with zero attached hydrogens (tertiary/aromatic N) is 3. The lowest BCUT2D eigenvalue weighted by Crippen LogP contribution is -2.49. The highest BCUT2D eigenvalue weighted by Gasteiger charge is 2.19. The topological polar surface area (TPSA) is 56.3 Å². The van der Waals surface area contributed by atoms with E-state index in [4.69, 9.17) is 11.0 Å². The summed E-state index contributed by atoms with van der Waals surface area (Å²) in [7, 11) is 0. The second-order valence-electron chi connectivity index (χ2n) is 5.24. The zero-order valence-electron chi connectivity index (χ0n) is 11.8. The molecule has 0 radical (unpaired) electrons. The van der Waals surface area contributed by atoms with Gasteiger partial charge in [-0.2, -0.15) is 5.26 Å². The number of piperazine rings is 1. The minimum Gasteiger partial charge on any atom is -0.369 e. The highest BCUT2D eigenvalue weighted by atomic mass is 15.3. The Balaban J connectivity index is 1.97. The molecule has 4 heteroatoms. The molecule has 1 aromatic carbocycles. The molecule has 19 heavy (non-hydrogen) atoms. The Labute approximate surface area is 115 Å². The average Bonchev–Trinajstić information content (AvgIpc) is 2.43. The molecular weight excluding hydrogens is 236 g/mol. The molecule has 1 atom stereocenters. The van der Waals surface area contributed by atoms with E-state index in [9.17, 15) is 0 Å². The second kappa shape index (κ2) is 6.05. The number of rotatable bonds is 3. The molecule has 1 unspecified atom stereocenters. The van der Waals surface area contributed by atoms with Gasteiger partial charge in [0.2, 0.25) is 0 Å². The van der Waals surface area contributed by atoms with Gasteiger partial charge in [0.15, 0.2) is 0 Å². The van der Waals surface area contributed by atoms with Crippen LogP contribution in [0, 0.1) is 25.2 Å². The lowest BCUT2D eigenvalue weighted by molar-refractivity contribution is 0.254. The molecule has 0 amide bonds. The van der Waals surface area contributed by atoms with Gasteiger partial charge in [-0.05, 0) is 31.0 Å². The fourth-order valence-electron chi connectivity index (χ4n) is 2.57. The highest BCUT2D eigenvalue weighted by molar-refractivity contribution is 5.56. The van der Waals surface area contributed by atoms with Crippen molar-refractivity contribution in [1.29, 1.82) is 5.26 Å². The number of nitrogens with two attached hydrogens (primary N) is 1. The second-order valence-corrected chi connectivity index (χ2v) is 5.24. The Kier molecular flexibility index (Phi) is 4.41. The molecule has 1 aliphatic rings. The third-order valence-electron chi connectivity index (χ3n) is 3.91. The quantitative estimate of drug-likeness (QED) is 0.887. The van der Waals surface area contributed by atoms with E-state index in [0.29, 0.717) is 6.54 Å². The molecule has 0 bridgehead atoms. The van der Waals surface area contributed by atoms with Crippen molar-refractivity contribution in [3.8, 4) is 6.07 Å². The van der Waals surface area contributed by atoms with Crippen molar-refractivity contribution in [1.82, 2.24) is 4.90 Å². The first-order chi connectivity index (χ1) is 9.11. The maximum Gasteiger partial charge on any atom is 0.106 e. The largest absolute Gasteiger partial charge is 0.369 e. The lowest BCUT2D eigenvalue weighted by Gasteiger charge is -2.37. The molecule has 0 spiro atoms. The molecule has 2 N–H and O–H groups in total. The van der Waals surface area contributed by atoms with E-state index in [1.807, 2.05) is 0 Å². The fraction of sp³-hybridized carbons (Fsp3) is 0.533. The third-order valence-corrected chi connectivity index (χ3v) is 3.91. The van der Waals surface area contributed by atoms with Gasteiger partial charge in [0, 0.05) is 38.4 Å². The summed E-state index contributed by atoms with van der Waals surface area (Å²) in [6.07, 6.45) is 0. The molecular formula is C15H22N4. The van der Waals surface area contributed by atoms with E-state index in [2.05, 4.69) is 47.9 Å². The van der Waals surface area contributed by atoms with Gasteiger partial charge >= 0.3 is 0 Å². The van der Waals surface area contributed by atoms with Gasteiger partial charge in [-0.15, -0.1) is 0 Å². The lowest BCUT2D eigenvalue weighted by atomic mass is 10.1. The fourth-order valence-corrected chi connectivity index (χ4v) is 2.57. The van der Waals surface area contributed by atoms with Crippen molar-refractivity contribution in [2.75, 3.05) is 37.6 Å². The van der Waals surface area contributed by atoms with Crippen LogP contribution in [0.3, 0.4) is 0 Å². The monoisotopic (exact) mass is 258 g/mol. The van der Waals surface area contributed by atoms with E-state index in [1.54, 1.807) is 0 Å². The summed E-state index contributed by atoms with van der Waals surface area (Å²) in [5, 5.41) is 8.75. The Morgan fingerprint density at radius 2 is 1.95 bits per heavy atom. The first kappa shape index (κ1) is 13.9. The van der Waals surface area contributed by atoms with Crippen LogP contribution < -0.4 is 10.6 Å². The molecule has 1 aromatic rings. The number of hydrogen-bond acceptors (Lipinski definition) is 4. The summed E-state index contributed by atoms with van der Waals surface area (Å²) in [6, 6.07) is 8.19. The number of hydrogen-bond donors (Lipinski definition) is 1. The standard InChI is InChI=1S/C15H22N4/c1-12-4-3-5-15(13(12)2)19-8-6-18(7-9-19)11-14(17)10-16/h3-5,14H,6-9,11,17H2,1-2H3. The zero-order valence-corrected chi connectivity index (χ0v) is 11.8. The molecule has 1 saturated heterocycles. The SMILES string of the molecule is Cc1cccc(N2CCN(CC(N)C#N)CC2)c1C. The number of aryl methyl sites for hydroxylation is 1. The van der Waals surface area contributed by atoms with Crippen LogP contribution in [0.25, 0.3) is 0 Å². The molecule has 0 aromatic heterocycles. The maximum absolute atomic E-state index is 8.75. The Morgan fingerprint density at radius 1 is 1.26 bits per heavy atom. The van der Waals surface area contributed by atoms with Gasteiger partial charge in [0.05, 0.1) is 6.07 Å². The maximum atomic E-state index is 8.75. The van der Waals surface area contributed by atoms with Crippen LogP contribution in [0.5, 0.6) is 0 Å². The molecule has 102 valence electrons. The van der Waals surface area contributed by atoms with Gasteiger partial charge in [-0.1, -0.05) is 12.1 Å². The summed E-state index contributed by atoms with van der Waals surface area (Å²) in [4.78, 5) is 4.70. The van der Waals surface area contributed by atoms with Crippen molar-refractivity contribution in [2.24, 2.45) is 5.73 Å². The van der Waals surface area contributed by atoms with Crippen LogP contribution >= 0.6 is 0 Å².